The Bertz CT molecular complexity index is 514. The monoisotopic (exact) mass is 247 g/mol. The quantitative estimate of drug-likeness (QED) is 0.880. The molecule has 17 heavy (non-hydrogen) atoms. The standard InChI is InChI=1S/C13H17N3S/c1-10-12-3-2-11(8-13(12)17-15-10)9-16-6-4-14-5-7-16/h2-3,8,14H,4-7,9H2,1H3. The van der Waals surface area contributed by atoms with Crippen molar-refractivity contribution in [1.29, 1.82) is 0 Å². The van der Waals surface area contributed by atoms with Crippen molar-refractivity contribution >= 4 is 21.6 Å². The Kier molecular flexibility index (Phi) is 3.09. The SMILES string of the molecule is Cc1nsc2cc(CN3CCNCC3)ccc12. The first-order chi connectivity index (χ1) is 8.33. The van der Waals surface area contributed by atoms with Crippen LogP contribution in [-0.2, 0) is 6.54 Å². The lowest BCUT2D eigenvalue weighted by molar-refractivity contribution is 0.233. The molecule has 90 valence electrons. The molecule has 1 aliphatic rings. The summed E-state index contributed by atoms with van der Waals surface area (Å²) in [7, 11) is 0. The zero-order chi connectivity index (χ0) is 11.7. The minimum atomic E-state index is 1.06. The first-order valence-electron chi connectivity index (χ1n) is 6.11. The number of rotatable bonds is 2. The molecule has 3 nitrogen and oxygen atoms in total. The summed E-state index contributed by atoms with van der Waals surface area (Å²) in [6.45, 7) is 7.67. The van der Waals surface area contributed by atoms with Crippen LogP contribution in [0.4, 0.5) is 0 Å². The highest BCUT2D eigenvalue weighted by molar-refractivity contribution is 7.13. The van der Waals surface area contributed by atoms with Crippen molar-refractivity contribution in [3.63, 3.8) is 0 Å². The molecule has 0 amide bonds. The maximum atomic E-state index is 4.40. The van der Waals surface area contributed by atoms with Crippen LogP contribution in [-0.4, -0.2) is 35.5 Å². The average Bonchev–Trinajstić information content (AvgIpc) is 2.72. The largest absolute Gasteiger partial charge is 0.314 e. The van der Waals surface area contributed by atoms with E-state index in [2.05, 4.69) is 39.7 Å². The van der Waals surface area contributed by atoms with Crippen LogP contribution in [0.3, 0.4) is 0 Å². The fourth-order valence-corrected chi connectivity index (χ4v) is 3.19. The first kappa shape index (κ1) is 11.1. The summed E-state index contributed by atoms with van der Waals surface area (Å²) < 4.78 is 5.72. The van der Waals surface area contributed by atoms with Gasteiger partial charge >= 0.3 is 0 Å². The van der Waals surface area contributed by atoms with Crippen molar-refractivity contribution in [2.24, 2.45) is 0 Å². The third-order valence-electron chi connectivity index (χ3n) is 3.33. The number of nitrogens with zero attached hydrogens (tertiary/aromatic N) is 2. The van der Waals surface area contributed by atoms with E-state index in [9.17, 15) is 0 Å². The number of hydrogen-bond donors (Lipinski definition) is 1. The lowest BCUT2D eigenvalue weighted by atomic mass is 10.1. The van der Waals surface area contributed by atoms with Gasteiger partial charge in [0.15, 0.2) is 0 Å². The second-order valence-corrected chi connectivity index (χ2v) is 5.43. The molecule has 1 aromatic heterocycles. The molecule has 0 saturated carbocycles. The molecule has 0 radical (unpaired) electrons. The van der Waals surface area contributed by atoms with E-state index in [4.69, 9.17) is 0 Å². The fraction of sp³-hybridized carbons (Fsp3) is 0.462. The van der Waals surface area contributed by atoms with Crippen molar-refractivity contribution in [1.82, 2.24) is 14.6 Å². The van der Waals surface area contributed by atoms with Crippen LogP contribution in [0.2, 0.25) is 0 Å². The predicted octanol–water partition coefficient (Wildman–Crippen LogP) is 2.01. The van der Waals surface area contributed by atoms with Gasteiger partial charge in [0.25, 0.3) is 0 Å². The van der Waals surface area contributed by atoms with Gasteiger partial charge in [0.2, 0.25) is 0 Å². The van der Waals surface area contributed by atoms with E-state index in [0.717, 1.165) is 38.4 Å². The van der Waals surface area contributed by atoms with E-state index in [0.29, 0.717) is 0 Å². The maximum absolute atomic E-state index is 4.40. The molecule has 1 N–H and O–H groups in total. The third kappa shape index (κ3) is 2.34. The van der Waals surface area contributed by atoms with E-state index >= 15 is 0 Å². The topological polar surface area (TPSA) is 28.2 Å². The Morgan fingerprint density at radius 1 is 1.35 bits per heavy atom. The van der Waals surface area contributed by atoms with Gasteiger partial charge in [-0.2, -0.15) is 4.37 Å². The summed E-state index contributed by atoms with van der Waals surface area (Å²) in [5.74, 6) is 0. The number of fused-ring (bicyclic) bond motifs is 1. The molecular weight excluding hydrogens is 230 g/mol. The molecule has 0 atom stereocenters. The molecule has 0 unspecified atom stereocenters. The van der Waals surface area contributed by atoms with E-state index in [1.807, 2.05) is 0 Å². The van der Waals surface area contributed by atoms with Crippen molar-refractivity contribution in [3.8, 4) is 0 Å². The van der Waals surface area contributed by atoms with Crippen LogP contribution >= 0.6 is 11.5 Å². The molecule has 0 spiro atoms. The van der Waals surface area contributed by atoms with Gasteiger partial charge in [-0.1, -0.05) is 12.1 Å². The number of nitrogens with one attached hydrogen (secondary N) is 1. The highest BCUT2D eigenvalue weighted by Crippen LogP contribution is 2.23. The predicted molar refractivity (Wildman–Crippen MR) is 72.5 cm³/mol. The molecule has 3 rings (SSSR count). The van der Waals surface area contributed by atoms with Gasteiger partial charge in [0, 0.05) is 38.1 Å². The van der Waals surface area contributed by atoms with E-state index in [1.54, 1.807) is 11.5 Å². The molecule has 0 bridgehead atoms. The summed E-state index contributed by atoms with van der Waals surface area (Å²) >= 11 is 1.61. The van der Waals surface area contributed by atoms with Crippen LogP contribution in [0.1, 0.15) is 11.3 Å². The molecular formula is C13H17N3S. The minimum Gasteiger partial charge on any atom is -0.314 e. The van der Waals surface area contributed by atoms with E-state index in [1.165, 1.54) is 15.6 Å². The smallest absolute Gasteiger partial charge is 0.0589 e. The van der Waals surface area contributed by atoms with Crippen molar-refractivity contribution in [2.75, 3.05) is 26.2 Å². The maximum Gasteiger partial charge on any atom is 0.0589 e. The van der Waals surface area contributed by atoms with Crippen molar-refractivity contribution in [2.45, 2.75) is 13.5 Å². The van der Waals surface area contributed by atoms with Crippen LogP contribution in [0, 0.1) is 6.92 Å². The minimum absolute atomic E-state index is 1.06. The second-order valence-electron chi connectivity index (χ2n) is 4.62. The van der Waals surface area contributed by atoms with Gasteiger partial charge < -0.3 is 5.32 Å². The molecule has 2 heterocycles. The summed E-state index contributed by atoms with van der Waals surface area (Å²) in [4.78, 5) is 2.51. The second kappa shape index (κ2) is 4.72. The number of piperazine rings is 1. The van der Waals surface area contributed by atoms with Gasteiger partial charge in [-0.15, -0.1) is 0 Å². The first-order valence-corrected chi connectivity index (χ1v) is 6.88. The summed E-state index contributed by atoms with van der Waals surface area (Å²) in [6, 6.07) is 6.75. The average molecular weight is 247 g/mol. The number of aromatic nitrogens is 1. The summed E-state index contributed by atoms with van der Waals surface area (Å²) in [6.07, 6.45) is 0. The van der Waals surface area contributed by atoms with E-state index in [-0.39, 0.29) is 0 Å². The van der Waals surface area contributed by atoms with Crippen LogP contribution < -0.4 is 5.32 Å². The highest BCUT2D eigenvalue weighted by Gasteiger charge is 2.10. The normalized spacial score (nSPS) is 17.7. The lowest BCUT2D eigenvalue weighted by Crippen LogP contribution is -2.42. The number of aryl methyl sites for hydroxylation is 1. The molecule has 1 saturated heterocycles. The zero-order valence-corrected chi connectivity index (χ0v) is 10.9. The fourth-order valence-electron chi connectivity index (χ4n) is 2.33. The van der Waals surface area contributed by atoms with Crippen molar-refractivity contribution < 1.29 is 0 Å². The highest BCUT2D eigenvalue weighted by atomic mass is 32.1. The lowest BCUT2D eigenvalue weighted by Gasteiger charge is -2.27. The molecule has 0 aliphatic carbocycles. The Balaban J connectivity index is 1.80. The molecule has 1 fully saturated rings. The number of hydrogen-bond acceptors (Lipinski definition) is 4. The third-order valence-corrected chi connectivity index (χ3v) is 4.23. The molecule has 2 aromatic rings. The molecule has 1 aromatic carbocycles. The summed E-state index contributed by atoms with van der Waals surface area (Å²) in [5.41, 5.74) is 2.56. The Labute approximate surface area is 106 Å². The van der Waals surface area contributed by atoms with Gasteiger partial charge in [0.1, 0.15) is 0 Å². The number of benzene rings is 1. The van der Waals surface area contributed by atoms with Gasteiger partial charge in [-0.3, -0.25) is 4.90 Å². The zero-order valence-electron chi connectivity index (χ0n) is 10.1. The Morgan fingerprint density at radius 2 is 2.18 bits per heavy atom. The molecule has 1 aliphatic heterocycles. The summed E-state index contributed by atoms with van der Waals surface area (Å²) in [5, 5.41) is 4.69. The van der Waals surface area contributed by atoms with Crippen LogP contribution in [0.25, 0.3) is 10.1 Å². The molecule has 4 heteroatoms. The Hall–Kier alpha value is -0.970. The van der Waals surface area contributed by atoms with Crippen LogP contribution in [0.5, 0.6) is 0 Å². The van der Waals surface area contributed by atoms with Gasteiger partial charge in [0.05, 0.1) is 10.4 Å². The van der Waals surface area contributed by atoms with Gasteiger partial charge in [-0.25, -0.2) is 0 Å². The Morgan fingerprint density at radius 3 is 3.00 bits per heavy atom. The van der Waals surface area contributed by atoms with E-state index < -0.39 is 0 Å². The van der Waals surface area contributed by atoms with Crippen LogP contribution in [0.15, 0.2) is 18.2 Å². The van der Waals surface area contributed by atoms with Crippen molar-refractivity contribution in [3.05, 3.63) is 29.5 Å². The van der Waals surface area contributed by atoms with Gasteiger partial charge in [-0.05, 0) is 30.1 Å².